The maximum Gasteiger partial charge on any atom is 0.171 e. The molecular formula is C26H30O2. The summed E-state index contributed by atoms with van der Waals surface area (Å²) in [5, 5.41) is 0. The van der Waals surface area contributed by atoms with Crippen molar-refractivity contribution in [1.82, 2.24) is 0 Å². The Morgan fingerprint density at radius 1 is 0.857 bits per heavy atom. The Labute approximate surface area is 168 Å². The molecule has 2 aliphatic carbocycles. The SMILES string of the molecule is CC(C)=CCCC1=CC2C(=O)c3ccc(CCC=C(C)C)cc3C(=O)C2C=C1. The molecule has 3 rings (SSSR count). The molecule has 0 radical (unpaired) electrons. The first-order valence-corrected chi connectivity index (χ1v) is 10.2. The zero-order valence-electron chi connectivity index (χ0n) is 17.4. The maximum absolute atomic E-state index is 13.1. The Kier molecular flexibility index (Phi) is 6.28. The third-order valence-corrected chi connectivity index (χ3v) is 5.49. The molecule has 2 unspecified atom stereocenters. The van der Waals surface area contributed by atoms with E-state index in [1.165, 1.54) is 11.1 Å². The van der Waals surface area contributed by atoms with E-state index in [1.54, 1.807) is 0 Å². The summed E-state index contributed by atoms with van der Waals surface area (Å²) in [6, 6.07) is 5.80. The smallest absolute Gasteiger partial charge is 0.171 e. The van der Waals surface area contributed by atoms with E-state index in [0.29, 0.717) is 11.1 Å². The van der Waals surface area contributed by atoms with Crippen molar-refractivity contribution in [3.8, 4) is 0 Å². The monoisotopic (exact) mass is 374 g/mol. The molecule has 0 heterocycles. The largest absolute Gasteiger partial charge is 0.293 e. The van der Waals surface area contributed by atoms with Crippen LogP contribution >= 0.6 is 0 Å². The topological polar surface area (TPSA) is 34.1 Å². The van der Waals surface area contributed by atoms with Crippen LogP contribution in [0.5, 0.6) is 0 Å². The summed E-state index contributed by atoms with van der Waals surface area (Å²) in [7, 11) is 0. The highest BCUT2D eigenvalue weighted by Gasteiger charge is 2.40. The molecule has 2 aliphatic rings. The predicted molar refractivity (Wildman–Crippen MR) is 116 cm³/mol. The molecule has 0 bridgehead atoms. The standard InChI is InChI=1S/C26H30O2/c1-17(2)7-5-9-19-11-13-21-23(15-19)25(27)22-14-12-20(10-6-8-18(3)4)16-24(22)26(21)28/h7-8,11-16,21,23H,5-6,9-10H2,1-4H3. The van der Waals surface area contributed by atoms with Crippen molar-refractivity contribution in [2.24, 2.45) is 11.8 Å². The van der Waals surface area contributed by atoms with Gasteiger partial charge in [0.2, 0.25) is 0 Å². The lowest BCUT2D eigenvalue weighted by Gasteiger charge is -2.30. The van der Waals surface area contributed by atoms with Gasteiger partial charge in [-0.15, -0.1) is 0 Å². The molecule has 2 nitrogen and oxygen atoms in total. The first-order chi connectivity index (χ1) is 13.4. The first kappa shape index (κ1) is 20.3. The summed E-state index contributed by atoms with van der Waals surface area (Å²) in [5.74, 6) is -0.525. The Morgan fingerprint density at radius 3 is 2.18 bits per heavy atom. The lowest BCUT2D eigenvalue weighted by molar-refractivity contribution is 0.0800. The molecule has 2 atom stereocenters. The van der Waals surface area contributed by atoms with Crippen LogP contribution in [0.25, 0.3) is 0 Å². The minimum atomic E-state index is -0.347. The van der Waals surface area contributed by atoms with Gasteiger partial charge in [-0.25, -0.2) is 0 Å². The van der Waals surface area contributed by atoms with E-state index in [2.05, 4.69) is 39.8 Å². The first-order valence-electron chi connectivity index (χ1n) is 10.2. The molecule has 1 aromatic carbocycles. The van der Waals surface area contributed by atoms with Crippen LogP contribution in [0.4, 0.5) is 0 Å². The van der Waals surface area contributed by atoms with Gasteiger partial charge in [0, 0.05) is 11.1 Å². The lowest BCUT2D eigenvalue weighted by atomic mass is 9.70. The van der Waals surface area contributed by atoms with Crippen molar-refractivity contribution in [3.63, 3.8) is 0 Å². The number of hydrogen-bond donors (Lipinski definition) is 0. The van der Waals surface area contributed by atoms with E-state index < -0.39 is 0 Å². The van der Waals surface area contributed by atoms with E-state index >= 15 is 0 Å². The van der Waals surface area contributed by atoms with Gasteiger partial charge in [-0.3, -0.25) is 9.59 Å². The van der Waals surface area contributed by atoms with Crippen molar-refractivity contribution in [2.75, 3.05) is 0 Å². The van der Waals surface area contributed by atoms with Gasteiger partial charge in [0.15, 0.2) is 11.6 Å². The number of rotatable bonds is 6. The Hall–Kier alpha value is -2.48. The molecule has 0 saturated carbocycles. The zero-order valence-corrected chi connectivity index (χ0v) is 17.4. The van der Waals surface area contributed by atoms with Crippen LogP contribution in [-0.4, -0.2) is 11.6 Å². The van der Waals surface area contributed by atoms with Gasteiger partial charge in [-0.1, -0.05) is 59.2 Å². The van der Waals surface area contributed by atoms with Crippen molar-refractivity contribution in [2.45, 2.75) is 53.4 Å². The number of benzene rings is 1. The summed E-state index contributed by atoms with van der Waals surface area (Å²) in [5.41, 5.74) is 6.07. The van der Waals surface area contributed by atoms with Gasteiger partial charge in [0.25, 0.3) is 0 Å². The van der Waals surface area contributed by atoms with E-state index in [-0.39, 0.29) is 23.4 Å². The zero-order chi connectivity index (χ0) is 20.3. The Bertz CT molecular complexity index is 900. The summed E-state index contributed by atoms with van der Waals surface area (Å²) < 4.78 is 0. The number of Topliss-reactive ketones (excluding diaryl/α,β-unsaturated/α-hetero) is 2. The van der Waals surface area contributed by atoms with Gasteiger partial charge in [-0.2, -0.15) is 0 Å². The molecule has 0 N–H and O–H groups in total. The molecule has 146 valence electrons. The molecule has 1 aromatic rings. The van der Waals surface area contributed by atoms with Gasteiger partial charge in [-0.05, 0) is 65.0 Å². The fourth-order valence-electron chi connectivity index (χ4n) is 3.97. The molecule has 0 fully saturated rings. The molecule has 2 heteroatoms. The summed E-state index contributed by atoms with van der Waals surface area (Å²) in [4.78, 5) is 26.2. The molecule has 0 saturated heterocycles. The number of carbonyl (C=O) groups excluding carboxylic acids is 2. The Morgan fingerprint density at radius 2 is 1.50 bits per heavy atom. The molecule has 28 heavy (non-hydrogen) atoms. The number of allylic oxidation sites excluding steroid dienone is 8. The normalized spacial score (nSPS) is 20.2. The minimum absolute atomic E-state index is 0.0829. The maximum atomic E-state index is 13.1. The van der Waals surface area contributed by atoms with E-state index in [9.17, 15) is 9.59 Å². The summed E-state index contributed by atoms with van der Waals surface area (Å²) in [6.45, 7) is 8.36. The molecule has 0 amide bonds. The summed E-state index contributed by atoms with van der Waals surface area (Å²) >= 11 is 0. The van der Waals surface area contributed by atoms with Crippen molar-refractivity contribution in [3.05, 3.63) is 82.0 Å². The second-order valence-electron chi connectivity index (χ2n) is 8.40. The van der Waals surface area contributed by atoms with E-state index in [1.807, 2.05) is 36.4 Å². The second kappa shape index (κ2) is 8.68. The van der Waals surface area contributed by atoms with Gasteiger partial charge in [0.05, 0.1) is 11.8 Å². The number of aryl methyl sites for hydroxylation is 1. The number of hydrogen-bond acceptors (Lipinski definition) is 2. The second-order valence-corrected chi connectivity index (χ2v) is 8.40. The van der Waals surface area contributed by atoms with Crippen molar-refractivity contribution < 1.29 is 9.59 Å². The fraction of sp³-hybridized carbons (Fsp3) is 0.385. The molecule has 0 aromatic heterocycles. The van der Waals surface area contributed by atoms with Crippen LogP contribution in [0.3, 0.4) is 0 Å². The van der Waals surface area contributed by atoms with Crippen LogP contribution in [0.15, 0.2) is 65.3 Å². The minimum Gasteiger partial charge on any atom is -0.293 e. The quantitative estimate of drug-likeness (QED) is 0.537. The average molecular weight is 375 g/mol. The molecule has 0 spiro atoms. The fourth-order valence-corrected chi connectivity index (χ4v) is 3.97. The van der Waals surface area contributed by atoms with E-state index in [4.69, 9.17) is 0 Å². The Balaban J connectivity index is 1.81. The van der Waals surface area contributed by atoms with Crippen molar-refractivity contribution in [1.29, 1.82) is 0 Å². The van der Waals surface area contributed by atoms with Crippen LogP contribution in [0.2, 0.25) is 0 Å². The number of fused-ring (bicyclic) bond motifs is 2. The van der Waals surface area contributed by atoms with Crippen LogP contribution in [-0.2, 0) is 6.42 Å². The predicted octanol–water partition coefficient (Wildman–Crippen LogP) is 6.44. The average Bonchev–Trinajstić information content (AvgIpc) is 2.65. The molecular weight excluding hydrogens is 344 g/mol. The van der Waals surface area contributed by atoms with Gasteiger partial charge < -0.3 is 0 Å². The highest BCUT2D eigenvalue weighted by atomic mass is 16.1. The third-order valence-electron chi connectivity index (χ3n) is 5.49. The lowest BCUT2D eigenvalue weighted by Crippen LogP contribution is -2.35. The van der Waals surface area contributed by atoms with Crippen LogP contribution in [0.1, 0.15) is 73.2 Å². The van der Waals surface area contributed by atoms with Crippen molar-refractivity contribution >= 4 is 11.6 Å². The van der Waals surface area contributed by atoms with Gasteiger partial charge in [0.1, 0.15) is 0 Å². The highest BCUT2D eigenvalue weighted by Crippen LogP contribution is 2.36. The van der Waals surface area contributed by atoms with Crippen LogP contribution in [0, 0.1) is 11.8 Å². The summed E-state index contributed by atoms with van der Waals surface area (Å²) in [6.07, 6.45) is 14.1. The third kappa shape index (κ3) is 4.49. The van der Waals surface area contributed by atoms with Gasteiger partial charge >= 0.3 is 0 Å². The van der Waals surface area contributed by atoms with E-state index in [0.717, 1.165) is 36.8 Å². The number of carbonyl (C=O) groups is 2. The highest BCUT2D eigenvalue weighted by molar-refractivity contribution is 6.17. The van der Waals surface area contributed by atoms with Crippen LogP contribution < -0.4 is 0 Å². The number of ketones is 2. The molecule has 0 aliphatic heterocycles.